The molecular formula is C25H22N2O4. The maximum absolute atomic E-state index is 12.5. The van der Waals surface area contributed by atoms with E-state index in [1.54, 1.807) is 43.3 Å². The molecule has 6 nitrogen and oxygen atoms in total. The Kier molecular flexibility index (Phi) is 7.02. The highest BCUT2D eigenvalue weighted by Gasteiger charge is 2.15. The molecule has 1 heterocycles. The van der Waals surface area contributed by atoms with Gasteiger partial charge in [0.2, 0.25) is 0 Å². The summed E-state index contributed by atoms with van der Waals surface area (Å²) in [5.74, 6) is 0.0719. The molecule has 0 saturated carbocycles. The van der Waals surface area contributed by atoms with Crippen LogP contribution in [-0.4, -0.2) is 18.5 Å². The van der Waals surface area contributed by atoms with Gasteiger partial charge in [-0.1, -0.05) is 42.5 Å². The molecule has 1 aromatic heterocycles. The first-order valence-electron chi connectivity index (χ1n) is 9.86. The third-order valence-corrected chi connectivity index (χ3v) is 4.61. The van der Waals surface area contributed by atoms with Crippen LogP contribution < -0.4 is 5.32 Å². The molecule has 0 spiro atoms. The number of amides is 1. The van der Waals surface area contributed by atoms with E-state index in [4.69, 9.17) is 9.15 Å². The molecule has 0 aliphatic carbocycles. The second-order valence-corrected chi connectivity index (χ2v) is 6.78. The van der Waals surface area contributed by atoms with Gasteiger partial charge in [-0.2, -0.15) is 5.26 Å². The van der Waals surface area contributed by atoms with Gasteiger partial charge in [0.05, 0.1) is 18.2 Å². The van der Waals surface area contributed by atoms with Gasteiger partial charge in [0.1, 0.15) is 23.2 Å². The Hall–Kier alpha value is -4.11. The van der Waals surface area contributed by atoms with Crippen LogP contribution in [0.25, 0.3) is 17.4 Å². The van der Waals surface area contributed by atoms with Gasteiger partial charge in [0.15, 0.2) is 0 Å². The molecule has 1 N–H and O–H groups in total. The molecule has 1 amide bonds. The summed E-state index contributed by atoms with van der Waals surface area (Å²) in [4.78, 5) is 24.3. The van der Waals surface area contributed by atoms with Crippen LogP contribution in [0.15, 0.2) is 76.7 Å². The minimum absolute atomic E-state index is 0.0543. The topological polar surface area (TPSA) is 92.3 Å². The number of benzene rings is 2. The molecule has 3 rings (SSSR count). The largest absolute Gasteiger partial charge is 0.462 e. The number of hydrogen-bond donors (Lipinski definition) is 1. The molecule has 156 valence electrons. The smallest absolute Gasteiger partial charge is 0.338 e. The highest BCUT2D eigenvalue weighted by Crippen LogP contribution is 2.24. The molecule has 0 fully saturated rings. The van der Waals surface area contributed by atoms with Crippen LogP contribution in [0.2, 0.25) is 0 Å². The number of hydrogen-bond acceptors (Lipinski definition) is 5. The third kappa shape index (κ3) is 5.49. The molecule has 0 bridgehead atoms. The Balaban J connectivity index is 1.72. The number of nitrogens with zero attached hydrogens (tertiary/aromatic N) is 1. The lowest BCUT2D eigenvalue weighted by molar-refractivity contribution is -0.117. The molecule has 0 unspecified atom stereocenters. The van der Waals surface area contributed by atoms with Crippen LogP contribution in [0.3, 0.4) is 0 Å². The summed E-state index contributed by atoms with van der Waals surface area (Å²) in [5.41, 5.74) is 2.10. The van der Waals surface area contributed by atoms with E-state index < -0.39 is 5.91 Å². The third-order valence-electron chi connectivity index (χ3n) is 4.61. The summed E-state index contributed by atoms with van der Waals surface area (Å²) in [5, 5.41) is 12.2. The standard InChI is InChI=1S/C25H22N2O4/c1-3-30-25(29)20-11-9-19(10-12-20)23-14-13-22(31-23)15-21(16-26)24(28)27-17(2)18-7-5-4-6-8-18/h4-15,17H,3H2,1-2H3,(H,27,28)/b21-15-/t17-/m0/s1. The van der Waals surface area contributed by atoms with Crippen molar-refractivity contribution in [2.24, 2.45) is 0 Å². The van der Waals surface area contributed by atoms with E-state index >= 15 is 0 Å². The van der Waals surface area contributed by atoms with Crippen LogP contribution in [0.5, 0.6) is 0 Å². The summed E-state index contributed by atoms with van der Waals surface area (Å²) in [7, 11) is 0. The van der Waals surface area contributed by atoms with Crippen molar-refractivity contribution in [2.45, 2.75) is 19.9 Å². The van der Waals surface area contributed by atoms with E-state index in [1.165, 1.54) is 6.08 Å². The molecular weight excluding hydrogens is 392 g/mol. The minimum atomic E-state index is -0.476. The zero-order valence-electron chi connectivity index (χ0n) is 17.3. The fourth-order valence-corrected chi connectivity index (χ4v) is 2.96. The second kappa shape index (κ2) is 10.1. The first-order chi connectivity index (χ1) is 15.0. The van der Waals surface area contributed by atoms with Crippen LogP contribution in [-0.2, 0) is 9.53 Å². The van der Waals surface area contributed by atoms with E-state index in [1.807, 2.05) is 43.3 Å². The van der Waals surface area contributed by atoms with Crippen molar-refractivity contribution in [3.05, 3.63) is 89.2 Å². The lowest BCUT2D eigenvalue weighted by Crippen LogP contribution is -2.27. The number of ether oxygens (including phenoxy) is 1. The monoisotopic (exact) mass is 414 g/mol. The number of furan rings is 1. The van der Waals surface area contributed by atoms with Crippen molar-refractivity contribution in [2.75, 3.05) is 6.61 Å². The molecule has 0 aliphatic rings. The Morgan fingerprint density at radius 2 is 1.81 bits per heavy atom. The van der Waals surface area contributed by atoms with E-state index in [0.717, 1.165) is 11.1 Å². The fraction of sp³-hybridized carbons (Fsp3) is 0.160. The van der Waals surface area contributed by atoms with Gasteiger partial charge in [-0.3, -0.25) is 4.79 Å². The van der Waals surface area contributed by atoms with Gasteiger partial charge < -0.3 is 14.5 Å². The van der Waals surface area contributed by atoms with Crippen molar-refractivity contribution in [3.63, 3.8) is 0 Å². The van der Waals surface area contributed by atoms with Crippen molar-refractivity contribution >= 4 is 18.0 Å². The maximum Gasteiger partial charge on any atom is 0.338 e. The number of esters is 1. The predicted octanol–water partition coefficient (Wildman–Crippen LogP) is 4.91. The van der Waals surface area contributed by atoms with E-state index in [9.17, 15) is 14.9 Å². The number of rotatable bonds is 7. The predicted molar refractivity (Wildman–Crippen MR) is 117 cm³/mol. The number of carbonyl (C=O) groups is 2. The summed E-state index contributed by atoms with van der Waals surface area (Å²) in [6.07, 6.45) is 1.41. The summed E-state index contributed by atoms with van der Waals surface area (Å²) in [6.45, 7) is 3.92. The SMILES string of the molecule is CCOC(=O)c1ccc(-c2ccc(/C=C(/C#N)C(=O)N[C@@H](C)c3ccccc3)o2)cc1. The molecule has 1 atom stereocenters. The minimum Gasteiger partial charge on any atom is -0.462 e. The van der Waals surface area contributed by atoms with Crippen molar-refractivity contribution < 1.29 is 18.7 Å². The molecule has 3 aromatic rings. The van der Waals surface area contributed by atoms with Crippen molar-refractivity contribution in [1.82, 2.24) is 5.32 Å². The first kappa shape index (κ1) is 21.6. The number of nitriles is 1. The number of carbonyl (C=O) groups excluding carboxylic acids is 2. The van der Waals surface area contributed by atoms with Crippen LogP contribution in [0, 0.1) is 11.3 Å². The Labute approximate surface area is 180 Å². The average molecular weight is 414 g/mol. The van der Waals surface area contributed by atoms with E-state index in [-0.39, 0.29) is 17.6 Å². The Morgan fingerprint density at radius 3 is 2.45 bits per heavy atom. The molecule has 0 radical (unpaired) electrons. The maximum atomic E-state index is 12.5. The lowest BCUT2D eigenvalue weighted by Gasteiger charge is -2.13. The zero-order chi connectivity index (χ0) is 22.2. The summed E-state index contributed by atoms with van der Waals surface area (Å²) < 4.78 is 10.7. The summed E-state index contributed by atoms with van der Waals surface area (Å²) >= 11 is 0. The lowest BCUT2D eigenvalue weighted by atomic mass is 10.1. The molecule has 2 aromatic carbocycles. The van der Waals surface area contributed by atoms with Gasteiger partial charge in [0, 0.05) is 11.6 Å². The van der Waals surface area contributed by atoms with Gasteiger partial charge in [-0.25, -0.2) is 4.79 Å². The van der Waals surface area contributed by atoms with Gasteiger partial charge in [-0.05, 0) is 43.7 Å². The van der Waals surface area contributed by atoms with Crippen LogP contribution in [0.4, 0.5) is 0 Å². The molecule has 31 heavy (non-hydrogen) atoms. The zero-order valence-corrected chi connectivity index (χ0v) is 17.3. The van der Waals surface area contributed by atoms with E-state index in [2.05, 4.69) is 5.32 Å². The molecule has 6 heteroatoms. The highest BCUT2D eigenvalue weighted by atomic mass is 16.5. The highest BCUT2D eigenvalue weighted by molar-refractivity contribution is 6.01. The van der Waals surface area contributed by atoms with Crippen LogP contribution >= 0.6 is 0 Å². The normalized spacial score (nSPS) is 12.0. The quantitative estimate of drug-likeness (QED) is 0.337. The van der Waals surface area contributed by atoms with Gasteiger partial charge in [-0.15, -0.1) is 0 Å². The molecule has 0 aliphatic heterocycles. The van der Waals surface area contributed by atoms with Gasteiger partial charge >= 0.3 is 5.97 Å². The van der Waals surface area contributed by atoms with E-state index in [0.29, 0.717) is 23.7 Å². The Bertz CT molecular complexity index is 1120. The number of nitrogens with one attached hydrogen (secondary N) is 1. The Morgan fingerprint density at radius 1 is 1.10 bits per heavy atom. The second-order valence-electron chi connectivity index (χ2n) is 6.78. The summed E-state index contributed by atoms with van der Waals surface area (Å²) in [6, 6.07) is 21.4. The van der Waals surface area contributed by atoms with Crippen molar-refractivity contribution in [3.8, 4) is 17.4 Å². The van der Waals surface area contributed by atoms with Gasteiger partial charge in [0.25, 0.3) is 5.91 Å². The fourth-order valence-electron chi connectivity index (χ4n) is 2.96. The molecule has 0 saturated heterocycles. The van der Waals surface area contributed by atoms with Crippen molar-refractivity contribution in [1.29, 1.82) is 5.26 Å². The average Bonchev–Trinajstić information content (AvgIpc) is 3.27. The first-order valence-corrected chi connectivity index (χ1v) is 9.86. The van der Waals surface area contributed by atoms with Crippen LogP contribution in [0.1, 0.15) is 41.6 Å².